The second kappa shape index (κ2) is 5.28. The highest BCUT2D eigenvalue weighted by atomic mass is 16.5. The number of aryl methyl sites for hydroxylation is 1. The van der Waals surface area contributed by atoms with Gasteiger partial charge in [-0.1, -0.05) is 6.08 Å². The van der Waals surface area contributed by atoms with E-state index >= 15 is 0 Å². The molecule has 0 bridgehead atoms. The summed E-state index contributed by atoms with van der Waals surface area (Å²) in [6, 6.07) is 3.75. The molecule has 0 fully saturated rings. The molecule has 4 heteroatoms. The summed E-state index contributed by atoms with van der Waals surface area (Å²) in [4.78, 5) is 11.8. The minimum absolute atomic E-state index is 0.289. The molecule has 0 aliphatic rings. The van der Waals surface area contributed by atoms with E-state index < -0.39 is 5.97 Å². The molecule has 0 saturated carbocycles. The summed E-state index contributed by atoms with van der Waals surface area (Å²) in [7, 11) is 1.36. The minimum Gasteiger partial charge on any atom is -0.465 e. The molecule has 100 valence electrons. The lowest BCUT2D eigenvalue weighted by atomic mass is 10.0. The molecule has 2 N–H and O–H groups in total. The summed E-state index contributed by atoms with van der Waals surface area (Å²) in [5, 5.41) is 0.903. The second-order valence-corrected chi connectivity index (χ2v) is 4.38. The summed E-state index contributed by atoms with van der Waals surface area (Å²) in [6.45, 7) is 5.96. The molecule has 0 radical (unpaired) electrons. The number of allylic oxidation sites excluding steroid dienone is 1. The van der Waals surface area contributed by atoms with Gasteiger partial charge in [-0.25, -0.2) is 4.79 Å². The molecular weight excluding hydrogens is 242 g/mol. The quantitative estimate of drug-likeness (QED) is 0.677. The molecule has 0 atom stereocenters. The third kappa shape index (κ3) is 2.27. The smallest absolute Gasteiger partial charge is 0.341 e. The van der Waals surface area contributed by atoms with Gasteiger partial charge in [0.25, 0.3) is 0 Å². The first-order valence-corrected chi connectivity index (χ1v) is 6.06. The molecular formula is C15H17NO3. The van der Waals surface area contributed by atoms with Crippen LogP contribution in [0.15, 0.2) is 29.2 Å². The van der Waals surface area contributed by atoms with E-state index in [1.807, 2.05) is 13.0 Å². The Kier molecular flexibility index (Phi) is 3.71. The van der Waals surface area contributed by atoms with E-state index in [9.17, 15) is 4.79 Å². The molecule has 0 amide bonds. The minimum atomic E-state index is -0.406. The number of carbonyl (C=O) groups is 1. The Morgan fingerprint density at radius 3 is 2.84 bits per heavy atom. The van der Waals surface area contributed by atoms with Crippen LogP contribution in [0.3, 0.4) is 0 Å². The normalized spacial score (nSPS) is 10.7. The Morgan fingerprint density at radius 1 is 1.53 bits per heavy atom. The standard InChI is InChI=1S/C15H17NO3/c1-4-5-10-11-6-9(2)7-12(15(17)18-3)14(11)19-13(10)8-16/h4,6-7H,1,5,8,16H2,2-3H3. The zero-order valence-electron chi connectivity index (χ0n) is 11.2. The van der Waals surface area contributed by atoms with E-state index in [1.165, 1.54) is 7.11 Å². The Morgan fingerprint density at radius 2 is 2.26 bits per heavy atom. The molecule has 1 aromatic carbocycles. The van der Waals surface area contributed by atoms with Crippen molar-refractivity contribution in [2.45, 2.75) is 19.9 Å². The monoisotopic (exact) mass is 259 g/mol. The number of fused-ring (bicyclic) bond motifs is 1. The van der Waals surface area contributed by atoms with Crippen LogP contribution in [0.25, 0.3) is 11.0 Å². The van der Waals surface area contributed by atoms with E-state index in [0.29, 0.717) is 23.3 Å². The summed E-state index contributed by atoms with van der Waals surface area (Å²) < 4.78 is 10.5. The number of esters is 1. The predicted octanol–water partition coefficient (Wildman–Crippen LogP) is 2.72. The Hall–Kier alpha value is -2.07. The number of hydrogen-bond donors (Lipinski definition) is 1. The van der Waals surface area contributed by atoms with Gasteiger partial charge >= 0.3 is 5.97 Å². The van der Waals surface area contributed by atoms with Gasteiger partial charge in [-0.2, -0.15) is 0 Å². The molecule has 0 aliphatic heterocycles. The summed E-state index contributed by atoms with van der Waals surface area (Å²) in [5.74, 6) is 0.279. The maximum atomic E-state index is 11.8. The van der Waals surface area contributed by atoms with Gasteiger partial charge in [0.05, 0.1) is 13.7 Å². The molecule has 2 aromatic rings. The van der Waals surface area contributed by atoms with Gasteiger partial charge in [0.1, 0.15) is 16.9 Å². The summed E-state index contributed by atoms with van der Waals surface area (Å²) >= 11 is 0. The van der Waals surface area contributed by atoms with Crippen LogP contribution >= 0.6 is 0 Å². The highest BCUT2D eigenvalue weighted by molar-refractivity contribution is 6.03. The van der Waals surface area contributed by atoms with Crippen molar-refractivity contribution in [3.05, 3.63) is 47.2 Å². The lowest BCUT2D eigenvalue weighted by molar-refractivity contribution is 0.0601. The van der Waals surface area contributed by atoms with Crippen LogP contribution in [0.2, 0.25) is 0 Å². The topological polar surface area (TPSA) is 65.5 Å². The molecule has 0 spiro atoms. The van der Waals surface area contributed by atoms with Gasteiger partial charge < -0.3 is 14.9 Å². The van der Waals surface area contributed by atoms with Crippen LogP contribution in [-0.2, 0) is 17.7 Å². The van der Waals surface area contributed by atoms with Crippen LogP contribution in [0, 0.1) is 6.92 Å². The van der Waals surface area contributed by atoms with Crippen LogP contribution in [-0.4, -0.2) is 13.1 Å². The van der Waals surface area contributed by atoms with Crippen molar-refractivity contribution in [1.29, 1.82) is 0 Å². The van der Waals surface area contributed by atoms with Crippen LogP contribution in [0.1, 0.15) is 27.2 Å². The number of furan rings is 1. The molecule has 2 rings (SSSR count). The average Bonchev–Trinajstić information content (AvgIpc) is 2.75. The maximum absolute atomic E-state index is 11.8. The van der Waals surface area contributed by atoms with Crippen molar-refractivity contribution in [2.75, 3.05) is 7.11 Å². The highest BCUT2D eigenvalue weighted by Crippen LogP contribution is 2.30. The number of methoxy groups -OCH3 is 1. The lowest BCUT2D eigenvalue weighted by Gasteiger charge is -2.02. The van der Waals surface area contributed by atoms with Crippen molar-refractivity contribution in [2.24, 2.45) is 5.73 Å². The zero-order valence-corrected chi connectivity index (χ0v) is 11.2. The number of carbonyl (C=O) groups excluding carboxylic acids is 1. The van der Waals surface area contributed by atoms with E-state index in [4.69, 9.17) is 14.9 Å². The average molecular weight is 259 g/mol. The van der Waals surface area contributed by atoms with Crippen molar-refractivity contribution >= 4 is 16.9 Å². The number of nitrogens with two attached hydrogens (primary N) is 1. The molecule has 19 heavy (non-hydrogen) atoms. The maximum Gasteiger partial charge on any atom is 0.341 e. The molecule has 1 aromatic heterocycles. The zero-order chi connectivity index (χ0) is 14.0. The molecule has 0 unspecified atom stereocenters. The fourth-order valence-corrected chi connectivity index (χ4v) is 2.24. The number of ether oxygens (including phenoxy) is 1. The number of rotatable bonds is 4. The van der Waals surface area contributed by atoms with Gasteiger partial charge in [-0.05, 0) is 31.0 Å². The Labute approximate surface area is 111 Å². The Balaban J connectivity index is 2.79. The predicted molar refractivity (Wildman–Crippen MR) is 74.1 cm³/mol. The van der Waals surface area contributed by atoms with E-state index in [0.717, 1.165) is 16.5 Å². The summed E-state index contributed by atoms with van der Waals surface area (Å²) in [5.41, 5.74) is 8.63. The Bertz CT molecular complexity index is 640. The van der Waals surface area contributed by atoms with Gasteiger partial charge in [0, 0.05) is 10.9 Å². The van der Waals surface area contributed by atoms with Crippen molar-refractivity contribution in [3.8, 4) is 0 Å². The SMILES string of the molecule is C=CCc1c(CN)oc2c(C(=O)OC)cc(C)cc12. The van der Waals surface area contributed by atoms with Gasteiger partial charge in [0.15, 0.2) is 0 Å². The summed E-state index contributed by atoms with van der Waals surface area (Å²) in [6.07, 6.45) is 2.45. The first-order chi connectivity index (χ1) is 9.12. The lowest BCUT2D eigenvalue weighted by Crippen LogP contribution is -2.02. The van der Waals surface area contributed by atoms with E-state index in [2.05, 4.69) is 6.58 Å². The largest absolute Gasteiger partial charge is 0.465 e. The third-order valence-electron chi connectivity index (χ3n) is 3.06. The highest BCUT2D eigenvalue weighted by Gasteiger charge is 2.19. The first-order valence-electron chi connectivity index (χ1n) is 6.06. The molecule has 0 aliphatic carbocycles. The van der Waals surface area contributed by atoms with Crippen molar-refractivity contribution in [1.82, 2.24) is 0 Å². The fraction of sp³-hybridized carbons (Fsp3) is 0.267. The van der Waals surface area contributed by atoms with Crippen molar-refractivity contribution in [3.63, 3.8) is 0 Å². The molecule has 0 saturated heterocycles. The van der Waals surface area contributed by atoms with Crippen LogP contribution in [0.5, 0.6) is 0 Å². The molecule has 4 nitrogen and oxygen atoms in total. The van der Waals surface area contributed by atoms with E-state index in [-0.39, 0.29) is 6.54 Å². The van der Waals surface area contributed by atoms with Crippen LogP contribution in [0.4, 0.5) is 0 Å². The van der Waals surface area contributed by atoms with Crippen LogP contribution < -0.4 is 5.73 Å². The number of benzene rings is 1. The fourth-order valence-electron chi connectivity index (χ4n) is 2.24. The van der Waals surface area contributed by atoms with E-state index in [1.54, 1.807) is 12.1 Å². The second-order valence-electron chi connectivity index (χ2n) is 4.38. The van der Waals surface area contributed by atoms with Gasteiger partial charge in [0.2, 0.25) is 0 Å². The molecule has 1 heterocycles. The van der Waals surface area contributed by atoms with Gasteiger partial charge in [-0.15, -0.1) is 6.58 Å². The first kappa shape index (κ1) is 13.4. The third-order valence-corrected chi connectivity index (χ3v) is 3.06. The van der Waals surface area contributed by atoms with Crippen molar-refractivity contribution < 1.29 is 13.9 Å². The number of hydrogen-bond acceptors (Lipinski definition) is 4. The van der Waals surface area contributed by atoms with Gasteiger partial charge in [-0.3, -0.25) is 0 Å².